The highest BCUT2D eigenvalue weighted by Crippen LogP contribution is 2.13. The van der Waals surface area contributed by atoms with E-state index in [1.807, 2.05) is 27.1 Å². The largest absolute Gasteiger partial charge is 0.381 e. The number of hydrogen-bond donors (Lipinski definition) is 1. The van der Waals surface area contributed by atoms with E-state index in [1.165, 1.54) is 0 Å². The van der Waals surface area contributed by atoms with Gasteiger partial charge in [-0.2, -0.15) is 0 Å². The van der Waals surface area contributed by atoms with Crippen molar-refractivity contribution in [3.05, 3.63) is 23.3 Å². The minimum absolute atomic E-state index is 0.293. The van der Waals surface area contributed by atoms with Crippen molar-refractivity contribution in [1.82, 2.24) is 15.3 Å². The first-order valence-corrected chi connectivity index (χ1v) is 5.76. The summed E-state index contributed by atoms with van der Waals surface area (Å²) in [6.07, 6.45) is 2.69. The second-order valence-electron chi connectivity index (χ2n) is 3.78. The van der Waals surface area contributed by atoms with Crippen molar-refractivity contribution in [2.75, 3.05) is 20.3 Å². The van der Waals surface area contributed by atoms with Crippen LogP contribution in [0.2, 0.25) is 0 Å². The van der Waals surface area contributed by atoms with E-state index in [4.69, 9.17) is 4.74 Å². The van der Waals surface area contributed by atoms with Crippen LogP contribution in [0, 0.1) is 6.92 Å². The van der Waals surface area contributed by atoms with E-state index in [0.29, 0.717) is 12.6 Å². The number of hydrogen-bond acceptors (Lipinski definition) is 4. The summed E-state index contributed by atoms with van der Waals surface area (Å²) in [5, 5.41) is 3.19. The molecule has 1 aromatic heterocycles. The number of rotatable bonds is 6. The van der Waals surface area contributed by atoms with Crippen molar-refractivity contribution in [1.29, 1.82) is 0 Å². The Morgan fingerprint density at radius 2 is 2.25 bits per heavy atom. The highest BCUT2D eigenvalue weighted by Gasteiger charge is 2.08. The third-order valence-corrected chi connectivity index (χ3v) is 2.64. The molecule has 1 heterocycles. The summed E-state index contributed by atoms with van der Waals surface area (Å²) >= 11 is 0. The molecule has 0 saturated carbocycles. The molecule has 0 aliphatic heterocycles. The predicted molar refractivity (Wildman–Crippen MR) is 64.4 cm³/mol. The van der Waals surface area contributed by atoms with Crippen LogP contribution in [0.15, 0.2) is 6.20 Å². The van der Waals surface area contributed by atoms with Crippen molar-refractivity contribution < 1.29 is 4.74 Å². The molecular weight excluding hydrogens is 202 g/mol. The summed E-state index contributed by atoms with van der Waals surface area (Å²) in [6.45, 7) is 7.55. The van der Waals surface area contributed by atoms with Crippen molar-refractivity contribution in [3.8, 4) is 0 Å². The van der Waals surface area contributed by atoms with Gasteiger partial charge < -0.3 is 10.1 Å². The van der Waals surface area contributed by atoms with Gasteiger partial charge in [-0.1, -0.05) is 0 Å². The topological polar surface area (TPSA) is 47.0 Å². The molecule has 1 atom stereocenters. The van der Waals surface area contributed by atoms with Crippen LogP contribution in [0.25, 0.3) is 0 Å². The molecule has 0 fully saturated rings. The van der Waals surface area contributed by atoms with Gasteiger partial charge in [-0.05, 0) is 27.8 Å². The minimum atomic E-state index is 0.293. The third kappa shape index (κ3) is 3.54. The lowest BCUT2D eigenvalue weighted by atomic mass is 10.1. The van der Waals surface area contributed by atoms with Crippen LogP contribution in [-0.2, 0) is 11.2 Å². The average Bonchev–Trinajstić information content (AvgIpc) is 2.29. The van der Waals surface area contributed by atoms with Crippen LogP contribution in [-0.4, -0.2) is 30.2 Å². The first kappa shape index (κ1) is 13.1. The quantitative estimate of drug-likeness (QED) is 0.745. The first-order valence-electron chi connectivity index (χ1n) is 5.76. The number of nitrogens with one attached hydrogen (secondary N) is 1. The van der Waals surface area contributed by atoms with E-state index in [0.717, 1.165) is 30.1 Å². The number of aryl methyl sites for hydroxylation is 1. The zero-order valence-electron chi connectivity index (χ0n) is 10.6. The predicted octanol–water partition coefficient (Wildman–Crippen LogP) is 1.64. The molecule has 0 aliphatic rings. The van der Waals surface area contributed by atoms with Crippen molar-refractivity contribution in [3.63, 3.8) is 0 Å². The first-order chi connectivity index (χ1) is 7.69. The molecule has 1 unspecified atom stereocenters. The average molecular weight is 223 g/mol. The Morgan fingerprint density at radius 1 is 1.50 bits per heavy atom. The van der Waals surface area contributed by atoms with E-state index < -0.39 is 0 Å². The SMILES string of the molecule is CCOCCc1ncc(C(C)NC)c(C)n1. The summed E-state index contributed by atoms with van der Waals surface area (Å²) in [4.78, 5) is 8.83. The summed E-state index contributed by atoms with van der Waals surface area (Å²) < 4.78 is 5.28. The van der Waals surface area contributed by atoms with Gasteiger partial charge in [0.05, 0.1) is 6.61 Å². The van der Waals surface area contributed by atoms with Crippen molar-refractivity contribution in [2.24, 2.45) is 0 Å². The molecule has 0 bridgehead atoms. The summed E-state index contributed by atoms with van der Waals surface area (Å²) in [7, 11) is 1.94. The maximum atomic E-state index is 5.28. The van der Waals surface area contributed by atoms with Crippen LogP contribution in [0.1, 0.15) is 37.0 Å². The molecule has 1 aromatic rings. The lowest BCUT2D eigenvalue weighted by Crippen LogP contribution is -2.15. The smallest absolute Gasteiger partial charge is 0.130 e. The van der Waals surface area contributed by atoms with Gasteiger partial charge in [0.2, 0.25) is 0 Å². The molecule has 4 nitrogen and oxygen atoms in total. The minimum Gasteiger partial charge on any atom is -0.381 e. The fourth-order valence-corrected chi connectivity index (χ4v) is 1.53. The van der Waals surface area contributed by atoms with Crippen molar-refractivity contribution >= 4 is 0 Å². The molecule has 4 heteroatoms. The Morgan fingerprint density at radius 3 is 2.81 bits per heavy atom. The van der Waals surface area contributed by atoms with E-state index in [1.54, 1.807) is 0 Å². The Bertz CT molecular complexity index is 328. The van der Waals surface area contributed by atoms with Gasteiger partial charge in [0, 0.05) is 36.5 Å². The zero-order valence-corrected chi connectivity index (χ0v) is 10.6. The number of nitrogens with zero attached hydrogens (tertiary/aromatic N) is 2. The van der Waals surface area contributed by atoms with Crippen LogP contribution in [0.3, 0.4) is 0 Å². The van der Waals surface area contributed by atoms with Gasteiger partial charge in [-0.3, -0.25) is 0 Å². The van der Waals surface area contributed by atoms with Crippen LogP contribution >= 0.6 is 0 Å². The van der Waals surface area contributed by atoms with Crippen molar-refractivity contribution in [2.45, 2.75) is 33.2 Å². The Kier molecular flexibility index (Phi) is 5.35. The highest BCUT2D eigenvalue weighted by atomic mass is 16.5. The van der Waals surface area contributed by atoms with Crippen LogP contribution in [0.5, 0.6) is 0 Å². The normalized spacial score (nSPS) is 12.8. The third-order valence-electron chi connectivity index (χ3n) is 2.64. The van der Waals surface area contributed by atoms with Gasteiger partial charge >= 0.3 is 0 Å². The number of aromatic nitrogens is 2. The summed E-state index contributed by atoms with van der Waals surface area (Å²) in [5.74, 6) is 0.859. The molecule has 0 radical (unpaired) electrons. The molecule has 16 heavy (non-hydrogen) atoms. The molecule has 90 valence electrons. The van der Waals surface area contributed by atoms with Gasteiger partial charge in [-0.25, -0.2) is 9.97 Å². The monoisotopic (exact) mass is 223 g/mol. The number of ether oxygens (including phenoxy) is 1. The molecule has 1 rings (SSSR count). The second kappa shape index (κ2) is 6.55. The molecule has 1 N–H and O–H groups in total. The van der Waals surface area contributed by atoms with Crippen LogP contribution < -0.4 is 5.32 Å². The molecule has 0 saturated heterocycles. The zero-order chi connectivity index (χ0) is 12.0. The van der Waals surface area contributed by atoms with Gasteiger partial charge in [0.1, 0.15) is 5.82 Å². The fourth-order valence-electron chi connectivity index (χ4n) is 1.53. The fraction of sp³-hybridized carbons (Fsp3) is 0.667. The Hall–Kier alpha value is -1.00. The molecule has 0 amide bonds. The van der Waals surface area contributed by atoms with Crippen LogP contribution in [0.4, 0.5) is 0 Å². The summed E-state index contributed by atoms with van der Waals surface area (Å²) in [6, 6.07) is 0.293. The lowest BCUT2D eigenvalue weighted by molar-refractivity contribution is 0.149. The maximum Gasteiger partial charge on any atom is 0.130 e. The maximum absolute atomic E-state index is 5.28. The lowest BCUT2D eigenvalue weighted by Gasteiger charge is -2.13. The highest BCUT2D eigenvalue weighted by molar-refractivity contribution is 5.19. The van der Waals surface area contributed by atoms with E-state index in [-0.39, 0.29) is 0 Å². The summed E-state index contributed by atoms with van der Waals surface area (Å²) in [5.41, 5.74) is 2.20. The van der Waals surface area contributed by atoms with E-state index in [2.05, 4.69) is 22.2 Å². The second-order valence-corrected chi connectivity index (χ2v) is 3.78. The van der Waals surface area contributed by atoms with Gasteiger partial charge in [-0.15, -0.1) is 0 Å². The Labute approximate surface area is 97.5 Å². The molecule has 0 aromatic carbocycles. The molecule has 0 spiro atoms. The molecular formula is C12H21N3O. The van der Waals surface area contributed by atoms with E-state index >= 15 is 0 Å². The standard InChI is InChI=1S/C12H21N3O/c1-5-16-7-6-12-14-8-11(9(2)13-4)10(3)15-12/h8-9,13H,5-7H2,1-4H3. The van der Waals surface area contributed by atoms with E-state index in [9.17, 15) is 0 Å². The van der Waals surface area contributed by atoms with Gasteiger partial charge in [0.25, 0.3) is 0 Å². The molecule has 0 aliphatic carbocycles. The Balaban J connectivity index is 2.67. The van der Waals surface area contributed by atoms with Gasteiger partial charge in [0.15, 0.2) is 0 Å².